The zero-order valence-electron chi connectivity index (χ0n) is 15.3. The number of carbonyl (C=O) groups is 1. The van der Waals surface area contributed by atoms with Gasteiger partial charge in [0.25, 0.3) is 0 Å². The molecule has 144 valence electrons. The Morgan fingerprint density at radius 1 is 1.46 bits per heavy atom. The first-order chi connectivity index (χ1) is 12.5. The van der Waals surface area contributed by atoms with E-state index in [2.05, 4.69) is 25.6 Å². The number of hydrogen-bond donors (Lipinski definition) is 2. The van der Waals surface area contributed by atoms with E-state index >= 15 is 0 Å². The monoisotopic (exact) mass is 365 g/mol. The second kappa shape index (κ2) is 9.73. The van der Waals surface area contributed by atoms with Gasteiger partial charge in [0.1, 0.15) is 12.4 Å². The second-order valence-electron chi connectivity index (χ2n) is 6.26. The molecule has 0 aromatic carbocycles. The van der Waals surface area contributed by atoms with Crippen LogP contribution in [0.3, 0.4) is 0 Å². The fraction of sp³-hybridized carbons (Fsp3) is 0.688. The van der Waals surface area contributed by atoms with Crippen LogP contribution < -0.4 is 10.6 Å². The highest BCUT2D eigenvalue weighted by Crippen LogP contribution is 2.20. The molecule has 1 aliphatic heterocycles. The summed E-state index contributed by atoms with van der Waals surface area (Å²) < 4.78 is 1.53. The Morgan fingerprint density at radius 3 is 2.77 bits per heavy atom. The second-order valence-corrected chi connectivity index (χ2v) is 6.26. The number of carbonyl (C=O) groups excluding carboxylic acids is 1. The van der Waals surface area contributed by atoms with Crippen LogP contribution in [0.1, 0.15) is 26.2 Å². The van der Waals surface area contributed by atoms with Gasteiger partial charge in [0.05, 0.1) is 18.0 Å². The molecule has 1 aliphatic rings. The number of guanidine groups is 1. The average Bonchev–Trinajstić information content (AvgIpc) is 3.11. The Kier molecular flexibility index (Phi) is 7.37. The Balaban J connectivity index is 1.86. The van der Waals surface area contributed by atoms with E-state index in [1.165, 1.54) is 17.1 Å². The minimum atomic E-state index is -0.459. The van der Waals surface area contributed by atoms with Crippen molar-refractivity contribution < 1.29 is 9.72 Å². The van der Waals surface area contributed by atoms with Crippen LogP contribution in [-0.4, -0.2) is 64.7 Å². The first kappa shape index (κ1) is 19.7. The van der Waals surface area contributed by atoms with Crippen molar-refractivity contribution in [2.75, 3.05) is 33.2 Å². The molecule has 1 fully saturated rings. The summed E-state index contributed by atoms with van der Waals surface area (Å²) in [5.41, 5.74) is -0.0147. The van der Waals surface area contributed by atoms with Gasteiger partial charge in [-0.2, -0.15) is 5.10 Å². The fourth-order valence-corrected chi connectivity index (χ4v) is 2.97. The summed E-state index contributed by atoms with van der Waals surface area (Å²) in [5.74, 6) is 1.35. The van der Waals surface area contributed by atoms with Crippen LogP contribution in [0.15, 0.2) is 17.4 Å². The minimum absolute atomic E-state index is 0.0147. The molecule has 0 atom stereocenters. The molecule has 0 saturated carbocycles. The largest absolute Gasteiger partial charge is 0.359 e. The highest BCUT2D eigenvalue weighted by Gasteiger charge is 2.23. The van der Waals surface area contributed by atoms with E-state index in [9.17, 15) is 14.9 Å². The predicted octanol–water partition coefficient (Wildman–Crippen LogP) is 0.605. The van der Waals surface area contributed by atoms with E-state index in [-0.39, 0.29) is 11.6 Å². The van der Waals surface area contributed by atoms with Crippen LogP contribution in [0.25, 0.3) is 0 Å². The fourth-order valence-electron chi connectivity index (χ4n) is 2.97. The third kappa shape index (κ3) is 5.71. The van der Waals surface area contributed by atoms with E-state index in [1.807, 2.05) is 6.92 Å². The lowest BCUT2D eigenvalue weighted by Crippen LogP contribution is -2.46. The number of piperidine rings is 1. The van der Waals surface area contributed by atoms with E-state index in [1.54, 1.807) is 7.05 Å². The molecular weight excluding hydrogens is 338 g/mol. The molecule has 2 rings (SSSR count). The van der Waals surface area contributed by atoms with Crippen LogP contribution in [0.5, 0.6) is 0 Å². The number of hydrogen-bond acceptors (Lipinski definition) is 5. The predicted molar refractivity (Wildman–Crippen MR) is 97.8 cm³/mol. The van der Waals surface area contributed by atoms with Crippen molar-refractivity contribution in [3.8, 4) is 0 Å². The molecule has 2 N–H and O–H groups in total. The van der Waals surface area contributed by atoms with Gasteiger partial charge in [0.2, 0.25) is 5.91 Å². The van der Waals surface area contributed by atoms with E-state index in [0.717, 1.165) is 38.4 Å². The van der Waals surface area contributed by atoms with Crippen LogP contribution in [0, 0.1) is 16.0 Å². The Bertz CT molecular complexity index is 636. The SMILES string of the molecule is CCNC(=NCCn1cc([N+](=O)[O-])cn1)N1CCC(CC(=O)NC)CC1. The standard InChI is InChI=1S/C16H27N7O3/c1-3-18-16(19-6-9-22-12-14(11-20-22)23(25)26)21-7-4-13(5-8-21)10-15(24)17-2/h11-13H,3-10H2,1-2H3,(H,17,24)(H,18,19). The van der Waals surface area contributed by atoms with Gasteiger partial charge in [-0.3, -0.25) is 24.6 Å². The van der Waals surface area contributed by atoms with Gasteiger partial charge >= 0.3 is 5.69 Å². The number of rotatable bonds is 7. The number of aliphatic imine (C=N–C) groups is 1. The van der Waals surface area contributed by atoms with Gasteiger partial charge in [0, 0.05) is 33.1 Å². The molecule has 10 nitrogen and oxygen atoms in total. The van der Waals surface area contributed by atoms with Gasteiger partial charge in [-0.05, 0) is 25.7 Å². The van der Waals surface area contributed by atoms with Crippen molar-refractivity contribution in [3.05, 3.63) is 22.5 Å². The molecule has 1 aromatic rings. The third-order valence-electron chi connectivity index (χ3n) is 4.42. The number of amides is 1. The lowest BCUT2D eigenvalue weighted by atomic mass is 9.93. The maximum absolute atomic E-state index is 11.5. The summed E-state index contributed by atoms with van der Waals surface area (Å²) >= 11 is 0. The number of likely N-dealkylation sites (tertiary alicyclic amines) is 1. The van der Waals surface area contributed by atoms with Gasteiger partial charge in [-0.1, -0.05) is 0 Å². The van der Waals surface area contributed by atoms with Crippen molar-refractivity contribution in [2.45, 2.75) is 32.7 Å². The summed E-state index contributed by atoms with van der Waals surface area (Å²) in [5, 5.41) is 20.6. The third-order valence-corrected chi connectivity index (χ3v) is 4.42. The quantitative estimate of drug-likeness (QED) is 0.316. The summed E-state index contributed by atoms with van der Waals surface area (Å²) in [6.45, 7) is 5.48. The van der Waals surface area contributed by atoms with Gasteiger partial charge < -0.3 is 15.5 Å². The summed E-state index contributed by atoms with van der Waals surface area (Å²) in [7, 11) is 1.67. The molecular formula is C16H27N7O3. The van der Waals surface area contributed by atoms with Crippen LogP contribution in [0.4, 0.5) is 5.69 Å². The summed E-state index contributed by atoms with van der Waals surface area (Å²) in [6, 6.07) is 0. The zero-order valence-corrected chi connectivity index (χ0v) is 15.3. The summed E-state index contributed by atoms with van der Waals surface area (Å²) in [6.07, 6.45) is 5.15. The number of nitro groups is 1. The molecule has 26 heavy (non-hydrogen) atoms. The van der Waals surface area contributed by atoms with Crippen molar-refractivity contribution in [2.24, 2.45) is 10.9 Å². The van der Waals surface area contributed by atoms with Gasteiger partial charge in [-0.25, -0.2) is 0 Å². The first-order valence-electron chi connectivity index (χ1n) is 8.94. The summed E-state index contributed by atoms with van der Waals surface area (Å²) in [4.78, 5) is 28.5. The van der Waals surface area contributed by atoms with Crippen molar-refractivity contribution in [1.29, 1.82) is 0 Å². The molecule has 0 aliphatic carbocycles. The number of nitrogens with one attached hydrogen (secondary N) is 2. The normalized spacial score (nSPS) is 15.8. The Hall–Kier alpha value is -2.65. The van der Waals surface area contributed by atoms with E-state index in [0.29, 0.717) is 25.4 Å². The van der Waals surface area contributed by atoms with Gasteiger partial charge in [0.15, 0.2) is 5.96 Å². The number of aromatic nitrogens is 2. The first-order valence-corrected chi connectivity index (χ1v) is 8.94. The molecule has 0 radical (unpaired) electrons. The zero-order chi connectivity index (χ0) is 18.9. The molecule has 1 amide bonds. The van der Waals surface area contributed by atoms with Crippen molar-refractivity contribution >= 4 is 17.6 Å². The lowest BCUT2D eigenvalue weighted by Gasteiger charge is -2.34. The topological polar surface area (TPSA) is 118 Å². The molecule has 0 spiro atoms. The molecule has 1 saturated heterocycles. The number of nitrogens with zero attached hydrogens (tertiary/aromatic N) is 5. The van der Waals surface area contributed by atoms with Crippen molar-refractivity contribution in [3.63, 3.8) is 0 Å². The van der Waals surface area contributed by atoms with E-state index < -0.39 is 4.92 Å². The van der Waals surface area contributed by atoms with Crippen LogP contribution >= 0.6 is 0 Å². The molecule has 10 heteroatoms. The average molecular weight is 365 g/mol. The molecule has 2 heterocycles. The lowest BCUT2D eigenvalue weighted by molar-refractivity contribution is -0.385. The highest BCUT2D eigenvalue weighted by atomic mass is 16.6. The highest BCUT2D eigenvalue weighted by molar-refractivity contribution is 5.80. The van der Waals surface area contributed by atoms with Crippen molar-refractivity contribution in [1.82, 2.24) is 25.3 Å². The Morgan fingerprint density at radius 2 is 2.19 bits per heavy atom. The van der Waals surface area contributed by atoms with Crippen LogP contribution in [0.2, 0.25) is 0 Å². The molecule has 0 bridgehead atoms. The molecule has 1 aromatic heterocycles. The maximum atomic E-state index is 11.5. The van der Waals surface area contributed by atoms with E-state index in [4.69, 9.17) is 0 Å². The minimum Gasteiger partial charge on any atom is -0.359 e. The molecule has 0 unspecified atom stereocenters. The van der Waals surface area contributed by atoms with Gasteiger partial charge in [-0.15, -0.1) is 0 Å². The smallest absolute Gasteiger partial charge is 0.306 e. The Labute approximate surface area is 152 Å². The maximum Gasteiger partial charge on any atom is 0.306 e. The van der Waals surface area contributed by atoms with Crippen LogP contribution in [-0.2, 0) is 11.3 Å².